The van der Waals surface area contributed by atoms with Gasteiger partial charge >= 0.3 is 0 Å². The molecule has 0 radical (unpaired) electrons. The van der Waals surface area contributed by atoms with Crippen LogP contribution in [0.3, 0.4) is 0 Å². The molecular weight excluding hydrogens is 264 g/mol. The fraction of sp³-hybridized carbons (Fsp3) is 0.500. The van der Waals surface area contributed by atoms with Crippen LogP contribution in [-0.2, 0) is 16.6 Å². The van der Waals surface area contributed by atoms with E-state index in [1.165, 1.54) is 4.31 Å². The molecule has 0 N–H and O–H groups in total. The monoisotopic (exact) mass is 280 g/mol. The first-order valence-corrected chi connectivity index (χ1v) is 7.90. The smallest absolute Gasteiger partial charge is 0.277 e. The molecule has 1 aliphatic rings. The van der Waals surface area contributed by atoms with Crippen LogP contribution in [0.15, 0.2) is 23.5 Å². The van der Waals surface area contributed by atoms with Gasteiger partial charge in [0, 0.05) is 25.8 Å². The normalized spacial score (nSPS) is 18.6. The quantitative estimate of drug-likeness (QED) is 0.848. The minimum atomic E-state index is -3.47. The van der Waals surface area contributed by atoms with Crippen LogP contribution in [0.1, 0.15) is 19.8 Å². The van der Waals surface area contributed by atoms with Crippen molar-refractivity contribution in [2.24, 2.45) is 0 Å². The van der Waals surface area contributed by atoms with Crippen LogP contribution in [0.4, 0.5) is 0 Å². The fourth-order valence-corrected chi connectivity index (χ4v) is 3.94. The SMILES string of the molecule is CCCCN1CCn2c(nc3cccnc32)S1(=O)=O. The van der Waals surface area contributed by atoms with Gasteiger partial charge in [0.15, 0.2) is 5.65 Å². The number of aromatic nitrogens is 3. The Balaban J connectivity index is 2.09. The molecule has 0 saturated heterocycles. The fourth-order valence-electron chi connectivity index (χ4n) is 2.35. The first kappa shape index (κ1) is 12.6. The largest absolute Gasteiger partial charge is 0.297 e. The number of rotatable bonds is 3. The molecule has 2 aromatic rings. The third-order valence-electron chi connectivity index (χ3n) is 3.37. The minimum Gasteiger partial charge on any atom is -0.297 e. The van der Waals surface area contributed by atoms with Gasteiger partial charge in [-0.25, -0.2) is 18.4 Å². The van der Waals surface area contributed by atoms with Gasteiger partial charge in [0.2, 0.25) is 5.16 Å². The van der Waals surface area contributed by atoms with Gasteiger partial charge in [0.1, 0.15) is 5.52 Å². The van der Waals surface area contributed by atoms with Crippen molar-refractivity contribution in [2.45, 2.75) is 31.5 Å². The zero-order chi connectivity index (χ0) is 13.5. The average Bonchev–Trinajstić information content (AvgIpc) is 2.78. The maximum atomic E-state index is 12.5. The Morgan fingerprint density at radius 2 is 2.21 bits per heavy atom. The van der Waals surface area contributed by atoms with Gasteiger partial charge < -0.3 is 0 Å². The van der Waals surface area contributed by atoms with Crippen LogP contribution in [0, 0.1) is 0 Å². The third-order valence-corrected chi connectivity index (χ3v) is 5.19. The summed E-state index contributed by atoms with van der Waals surface area (Å²) < 4.78 is 28.2. The van der Waals surface area contributed by atoms with E-state index in [2.05, 4.69) is 16.9 Å². The van der Waals surface area contributed by atoms with E-state index in [1.807, 2.05) is 0 Å². The van der Waals surface area contributed by atoms with E-state index in [0.29, 0.717) is 30.8 Å². The first-order valence-electron chi connectivity index (χ1n) is 6.46. The Morgan fingerprint density at radius 3 is 3.00 bits per heavy atom. The van der Waals surface area contributed by atoms with E-state index in [9.17, 15) is 8.42 Å². The van der Waals surface area contributed by atoms with E-state index in [-0.39, 0.29) is 5.16 Å². The van der Waals surface area contributed by atoms with Crippen LogP contribution in [0.2, 0.25) is 0 Å². The second kappa shape index (κ2) is 4.57. The van der Waals surface area contributed by atoms with Crippen molar-refractivity contribution >= 4 is 21.2 Å². The van der Waals surface area contributed by atoms with Crippen LogP contribution in [-0.4, -0.2) is 40.3 Å². The highest BCUT2D eigenvalue weighted by Crippen LogP contribution is 2.24. The molecule has 0 bridgehead atoms. The number of fused-ring (bicyclic) bond motifs is 3. The zero-order valence-corrected chi connectivity index (χ0v) is 11.6. The molecule has 0 amide bonds. The van der Waals surface area contributed by atoms with Crippen molar-refractivity contribution in [1.29, 1.82) is 0 Å². The van der Waals surface area contributed by atoms with Crippen molar-refractivity contribution < 1.29 is 8.42 Å². The number of pyridine rings is 1. The van der Waals surface area contributed by atoms with Gasteiger partial charge in [0.25, 0.3) is 10.0 Å². The van der Waals surface area contributed by atoms with Crippen LogP contribution in [0.25, 0.3) is 11.2 Å². The Hall–Kier alpha value is -1.47. The molecule has 6 nitrogen and oxygen atoms in total. The maximum Gasteiger partial charge on any atom is 0.277 e. The molecule has 0 spiro atoms. The highest BCUT2D eigenvalue weighted by atomic mass is 32.2. The van der Waals surface area contributed by atoms with Crippen molar-refractivity contribution in [3.8, 4) is 0 Å². The highest BCUT2D eigenvalue weighted by Gasteiger charge is 2.34. The van der Waals surface area contributed by atoms with E-state index in [0.717, 1.165) is 12.8 Å². The molecule has 102 valence electrons. The van der Waals surface area contributed by atoms with Gasteiger partial charge in [0.05, 0.1) is 0 Å². The summed E-state index contributed by atoms with van der Waals surface area (Å²) in [5.41, 5.74) is 1.29. The number of hydrogen-bond donors (Lipinski definition) is 0. The number of imidazole rings is 1. The van der Waals surface area contributed by atoms with Gasteiger partial charge in [-0.15, -0.1) is 0 Å². The molecular formula is C12H16N4O2S. The summed E-state index contributed by atoms with van der Waals surface area (Å²) in [6, 6.07) is 3.56. The first-order chi connectivity index (χ1) is 9.14. The Bertz CT molecular complexity index is 708. The molecule has 0 fully saturated rings. The Labute approximate surface area is 112 Å². The Morgan fingerprint density at radius 1 is 1.37 bits per heavy atom. The van der Waals surface area contributed by atoms with Gasteiger partial charge in [-0.1, -0.05) is 13.3 Å². The molecule has 0 unspecified atom stereocenters. The topological polar surface area (TPSA) is 68.1 Å². The van der Waals surface area contributed by atoms with E-state index < -0.39 is 10.0 Å². The number of unbranched alkanes of at least 4 members (excludes halogenated alkanes) is 1. The molecule has 0 saturated carbocycles. The number of hydrogen-bond acceptors (Lipinski definition) is 4. The van der Waals surface area contributed by atoms with Crippen molar-refractivity contribution in [2.75, 3.05) is 13.1 Å². The lowest BCUT2D eigenvalue weighted by molar-refractivity contribution is 0.351. The second-order valence-corrected chi connectivity index (χ2v) is 6.48. The van der Waals surface area contributed by atoms with Crippen molar-refractivity contribution in [3.63, 3.8) is 0 Å². The molecule has 1 aliphatic heterocycles. The molecule has 7 heteroatoms. The van der Waals surface area contributed by atoms with Crippen LogP contribution in [0.5, 0.6) is 0 Å². The van der Waals surface area contributed by atoms with E-state index in [1.54, 1.807) is 22.9 Å². The molecule has 2 aromatic heterocycles. The summed E-state index contributed by atoms with van der Waals surface area (Å²) in [6.07, 6.45) is 3.51. The molecule has 3 rings (SSSR count). The second-order valence-electron chi connectivity index (χ2n) is 4.65. The van der Waals surface area contributed by atoms with Crippen LogP contribution >= 0.6 is 0 Å². The standard InChI is InChI=1S/C12H16N4O2S/c1-2-3-7-15-8-9-16-11-10(5-4-6-13-11)14-12(16)19(15,17)18/h4-6H,2-3,7-9H2,1H3. The lowest BCUT2D eigenvalue weighted by Gasteiger charge is -2.26. The molecule has 3 heterocycles. The number of nitrogens with zero attached hydrogens (tertiary/aromatic N) is 4. The van der Waals surface area contributed by atoms with E-state index >= 15 is 0 Å². The summed E-state index contributed by atoms with van der Waals surface area (Å²) in [7, 11) is -3.47. The molecule has 0 aliphatic carbocycles. The lowest BCUT2D eigenvalue weighted by atomic mass is 10.3. The summed E-state index contributed by atoms with van der Waals surface area (Å²) in [6.45, 7) is 3.73. The summed E-state index contributed by atoms with van der Waals surface area (Å²) in [4.78, 5) is 8.46. The summed E-state index contributed by atoms with van der Waals surface area (Å²) in [5.74, 6) is 0. The summed E-state index contributed by atoms with van der Waals surface area (Å²) >= 11 is 0. The van der Waals surface area contributed by atoms with Crippen LogP contribution < -0.4 is 0 Å². The predicted molar refractivity (Wildman–Crippen MR) is 71.2 cm³/mol. The summed E-state index contributed by atoms with van der Waals surface area (Å²) in [5, 5.41) is 0.128. The van der Waals surface area contributed by atoms with Crippen molar-refractivity contribution in [1.82, 2.24) is 18.8 Å². The maximum absolute atomic E-state index is 12.5. The van der Waals surface area contributed by atoms with Gasteiger partial charge in [-0.2, -0.15) is 4.31 Å². The zero-order valence-electron chi connectivity index (χ0n) is 10.8. The predicted octanol–water partition coefficient (Wildman–Crippen LogP) is 1.24. The lowest BCUT2D eigenvalue weighted by Crippen LogP contribution is -2.40. The number of sulfonamides is 1. The van der Waals surface area contributed by atoms with Gasteiger partial charge in [-0.05, 0) is 18.6 Å². The van der Waals surface area contributed by atoms with Crippen molar-refractivity contribution in [3.05, 3.63) is 18.3 Å². The average molecular weight is 280 g/mol. The highest BCUT2D eigenvalue weighted by molar-refractivity contribution is 7.89. The molecule has 0 atom stereocenters. The minimum absolute atomic E-state index is 0.128. The third kappa shape index (κ3) is 1.93. The molecule has 0 aromatic carbocycles. The van der Waals surface area contributed by atoms with E-state index in [4.69, 9.17) is 0 Å². The Kier molecular flexibility index (Phi) is 3.02. The molecule has 19 heavy (non-hydrogen) atoms. The van der Waals surface area contributed by atoms with Gasteiger partial charge in [-0.3, -0.25) is 4.57 Å².